The first-order valence-corrected chi connectivity index (χ1v) is 5.60. The molecule has 5 heteroatoms. The minimum atomic E-state index is 0.184. The van der Waals surface area contributed by atoms with Gasteiger partial charge in [-0.05, 0) is 27.1 Å². The molecule has 0 aromatic carbocycles. The van der Waals surface area contributed by atoms with E-state index >= 15 is 0 Å². The van der Waals surface area contributed by atoms with E-state index in [9.17, 15) is 0 Å². The van der Waals surface area contributed by atoms with Crippen LogP contribution in [0.2, 0.25) is 0 Å². The largest absolute Gasteiger partial charge is 0.395 e. The Kier molecular flexibility index (Phi) is 5.45. The summed E-state index contributed by atoms with van der Waals surface area (Å²) >= 11 is 0. The molecule has 1 unspecified atom stereocenters. The summed E-state index contributed by atoms with van der Waals surface area (Å²) in [6.45, 7) is 1.97. The summed E-state index contributed by atoms with van der Waals surface area (Å²) in [6, 6.07) is 0.184. The van der Waals surface area contributed by atoms with E-state index in [1.54, 1.807) is 0 Å². The molecular formula is C11H22N4O. The molecular weight excluding hydrogens is 204 g/mol. The van der Waals surface area contributed by atoms with Gasteiger partial charge in [-0.15, -0.1) is 0 Å². The predicted molar refractivity (Wildman–Crippen MR) is 64.1 cm³/mol. The molecule has 0 aliphatic heterocycles. The van der Waals surface area contributed by atoms with Gasteiger partial charge in [0.15, 0.2) is 0 Å². The van der Waals surface area contributed by atoms with Crippen molar-refractivity contribution in [2.45, 2.75) is 19.0 Å². The first-order chi connectivity index (χ1) is 7.67. The van der Waals surface area contributed by atoms with Crippen LogP contribution in [0.3, 0.4) is 0 Å². The van der Waals surface area contributed by atoms with E-state index < -0.39 is 0 Å². The zero-order chi connectivity index (χ0) is 12.0. The van der Waals surface area contributed by atoms with Gasteiger partial charge in [0.05, 0.1) is 13.2 Å². The minimum absolute atomic E-state index is 0.184. The van der Waals surface area contributed by atoms with Gasteiger partial charge >= 0.3 is 0 Å². The van der Waals surface area contributed by atoms with E-state index in [-0.39, 0.29) is 12.6 Å². The molecule has 1 heterocycles. The van der Waals surface area contributed by atoms with Crippen molar-refractivity contribution in [3.05, 3.63) is 18.2 Å². The number of aromatic nitrogens is 2. The summed E-state index contributed by atoms with van der Waals surface area (Å²) in [5.41, 5.74) is 0. The highest BCUT2D eigenvalue weighted by Gasteiger charge is 2.08. The lowest BCUT2D eigenvalue weighted by molar-refractivity contribution is 0.220. The first-order valence-electron chi connectivity index (χ1n) is 5.60. The van der Waals surface area contributed by atoms with Crippen LogP contribution in [0, 0.1) is 0 Å². The molecule has 0 spiro atoms. The number of nitrogens with zero attached hydrogens (tertiary/aromatic N) is 3. The minimum Gasteiger partial charge on any atom is -0.395 e. The fourth-order valence-electron chi connectivity index (χ4n) is 1.57. The number of likely N-dealkylation sites (N-methyl/N-ethyl adjacent to an activating group) is 1. The lowest BCUT2D eigenvalue weighted by Gasteiger charge is -2.19. The van der Waals surface area contributed by atoms with Crippen molar-refractivity contribution in [3.63, 3.8) is 0 Å². The van der Waals surface area contributed by atoms with Crippen LogP contribution in [-0.4, -0.2) is 52.8 Å². The van der Waals surface area contributed by atoms with Crippen molar-refractivity contribution in [1.82, 2.24) is 19.8 Å². The number of aryl methyl sites for hydroxylation is 1. The van der Waals surface area contributed by atoms with E-state index in [1.165, 1.54) is 0 Å². The number of rotatable bonds is 7. The monoisotopic (exact) mass is 226 g/mol. The molecule has 0 fully saturated rings. The zero-order valence-electron chi connectivity index (χ0n) is 10.3. The number of nitrogens with one attached hydrogen (secondary N) is 1. The molecule has 0 saturated carbocycles. The molecule has 92 valence electrons. The van der Waals surface area contributed by atoms with E-state index in [2.05, 4.69) is 22.2 Å². The van der Waals surface area contributed by atoms with Crippen LogP contribution in [0.5, 0.6) is 0 Å². The second-order valence-corrected chi connectivity index (χ2v) is 4.15. The molecule has 5 nitrogen and oxygen atoms in total. The zero-order valence-corrected chi connectivity index (χ0v) is 10.3. The first kappa shape index (κ1) is 13.2. The molecule has 0 radical (unpaired) electrons. The number of hydrogen-bond acceptors (Lipinski definition) is 4. The third kappa shape index (κ3) is 3.92. The van der Waals surface area contributed by atoms with Crippen molar-refractivity contribution in [3.8, 4) is 0 Å². The molecule has 1 aromatic rings. The highest BCUT2D eigenvalue weighted by Crippen LogP contribution is 2.01. The fourth-order valence-corrected chi connectivity index (χ4v) is 1.57. The smallest absolute Gasteiger partial charge is 0.122 e. The predicted octanol–water partition coefficient (Wildman–Crippen LogP) is -0.178. The Morgan fingerprint density at radius 2 is 2.38 bits per heavy atom. The summed E-state index contributed by atoms with van der Waals surface area (Å²) in [7, 11) is 5.94. The Labute approximate surface area is 97.1 Å². The van der Waals surface area contributed by atoms with Gasteiger partial charge in [0.25, 0.3) is 0 Å². The second kappa shape index (κ2) is 6.62. The third-order valence-electron chi connectivity index (χ3n) is 2.82. The Bertz CT molecular complexity index is 296. The summed E-state index contributed by atoms with van der Waals surface area (Å²) in [5, 5.41) is 12.1. The van der Waals surface area contributed by atoms with Crippen LogP contribution in [0.4, 0.5) is 0 Å². The average Bonchev–Trinajstić information content (AvgIpc) is 2.66. The van der Waals surface area contributed by atoms with Gasteiger partial charge < -0.3 is 15.0 Å². The summed E-state index contributed by atoms with van der Waals surface area (Å²) in [5.74, 6) is 1.06. The molecule has 1 rings (SSSR count). The summed E-state index contributed by atoms with van der Waals surface area (Å²) < 4.78 is 2.03. The second-order valence-electron chi connectivity index (χ2n) is 4.15. The number of imidazole rings is 1. The molecule has 2 N–H and O–H groups in total. The Morgan fingerprint density at radius 3 is 2.88 bits per heavy atom. The van der Waals surface area contributed by atoms with Gasteiger partial charge in [0.1, 0.15) is 5.82 Å². The van der Waals surface area contributed by atoms with Gasteiger partial charge in [0, 0.05) is 25.5 Å². The maximum atomic E-state index is 9.04. The maximum Gasteiger partial charge on any atom is 0.122 e. The number of aliphatic hydroxyl groups excluding tert-OH is 1. The van der Waals surface area contributed by atoms with Crippen molar-refractivity contribution < 1.29 is 5.11 Å². The van der Waals surface area contributed by atoms with E-state index in [1.807, 2.05) is 31.1 Å². The average molecular weight is 226 g/mol. The number of aliphatic hydroxyl groups is 1. The number of hydrogen-bond donors (Lipinski definition) is 2. The van der Waals surface area contributed by atoms with Gasteiger partial charge in [-0.2, -0.15) is 0 Å². The van der Waals surface area contributed by atoms with Gasteiger partial charge in [-0.25, -0.2) is 4.98 Å². The molecule has 0 amide bonds. The molecule has 0 aliphatic carbocycles. The Morgan fingerprint density at radius 1 is 1.62 bits per heavy atom. The standard InChI is InChI=1S/C11H22N4O/c1-12-10(9-16)4-6-14(2)8-11-13-5-7-15(11)3/h5,7,10,12,16H,4,6,8-9H2,1-3H3. The van der Waals surface area contributed by atoms with Crippen LogP contribution >= 0.6 is 0 Å². The van der Waals surface area contributed by atoms with E-state index in [0.29, 0.717) is 0 Å². The summed E-state index contributed by atoms with van der Waals surface area (Å²) in [6.07, 6.45) is 4.70. The Balaban J connectivity index is 2.31. The van der Waals surface area contributed by atoms with Crippen LogP contribution in [-0.2, 0) is 13.6 Å². The quantitative estimate of drug-likeness (QED) is 0.677. The van der Waals surface area contributed by atoms with Crippen LogP contribution in [0.25, 0.3) is 0 Å². The van der Waals surface area contributed by atoms with Crippen LogP contribution < -0.4 is 5.32 Å². The highest BCUT2D eigenvalue weighted by atomic mass is 16.3. The molecule has 1 aromatic heterocycles. The third-order valence-corrected chi connectivity index (χ3v) is 2.82. The molecule has 0 bridgehead atoms. The summed E-state index contributed by atoms with van der Waals surface area (Å²) in [4.78, 5) is 6.49. The molecule has 16 heavy (non-hydrogen) atoms. The van der Waals surface area contributed by atoms with Crippen molar-refractivity contribution in [2.24, 2.45) is 7.05 Å². The van der Waals surface area contributed by atoms with Crippen molar-refractivity contribution in [1.29, 1.82) is 0 Å². The van der Waals surface area contributed by atoms with Gasteiger partial charge in [-0.3, -0.25) is 4.90 Å². The molecule has 0 saturated heterocycles. The lowest BCUT2D eigenvalue weighted by Crippen LogP contribution is -2.33. The van der Waals surface area contributed by atoms with Gasteiger partial charge in [-0.1, -0.05) is 0 Å². The van der Waals surface area contributed by atoms with E-state index in [4.69, 9.17) is 5.11 Å². The highest BCUT2D eigenvalue weighted by molar-refractivity contribution is 4.90. The topological polar surface area (TPSA) is 53.3 Å². The molecule has 1 atom stereocenters. The SMILES string of the molecule is CNC(CO)CCN(C)Cc1nccn1C. The van der Waals surface area contributed by atoms with E-state index in [0.717, 1.165) is 25.3 Å². The van der Waals surface area contributed by atoms with Crippen LogP contribution in [0.15, 0.2) is 12.4 Å². The van der Waals surface area contributed by atoms with Gasteiger partial charge in [0.2, 0.25) is 0 Å². The lowest BCUT2D eigenvalue weighted by atomic mass is 10.2. The maximum absolute atomic E-state index is 9.04. The normalized spacial score (nSPS) is 13.3. The fraction of sp³-hybridized carbons (Fsp3) is 0.727. The Hall–Kier alpha value is -0.910. The van der Waals surface area contributed by atoms with Crippen molar-refractivity contribution >= 4 is 0 Å². The van der Waals surface area contributed by atoms with Crippen LogP contribution in [0.1, 0.15) is 12.2 Å². The molecule has 0 aliphatic rings. The van der Waals surface area contributed by atoms with Crippen molar-refractivity contribution in [2.75, 3.05) is 27.2 Å².